The molecule has 0 saturated heterocycles. The lowest BCUT2D eigenvalue weighted by Crippen LogP contribution is -2.17. The number of hydrazone groups is 1. The number of nitrogens with zero attached hydrogens (tertiary/aromatic N) is 1. The molecule has 0 saturated carbocycles. The number of alkyl halides is 3. The molecule has 35 heavy (non-hydrogen) atoms. The third kappa shape index (κ3) is 6.35. The van der Waals surface area contributed by atoms with E-state index in [-0.39, 0.29) is 5.56 Å². The summed E-state index contributed by atoms with van der Waals surface area (Å²) in [5.41, 5.74) is 5.05. The van der Waals surface area contributed by atoms with Crippen LogP contribution in [0.2, 0.25) is 0 Å². The van der Waals surface area contributed by atoms with Crippen LogP contribution < -0.4 is 10.2 Å². The summed E-state index contributed by atoms with van der Waals surface area (Å²) in [5.74, 6) is 0.277. The number of ether oxygens (including phenoxy) is 1. The molecule has 0 atom stereocenters. The minimum atomic E-state index is -4.44. The summed E-state index contributed by atoms with van der Waals surface area (Å²) in [5, 5.41) is 3.76. The minimum absolute atomic E-state index is 0.225. The second-order valence-electron chi connectivity index (χ2n) is 7.67. The molecule has 0 fully saturated rings. The van der Waals surface area contributed by atoms with Crippen molar-refractivity contribution in [3.63, 3.8) is 0 Å². The number of carbonyl (C=O) groups excluding carboxylic acids is 1. The van der Waals surface area contributed by atoms with Crippen molar-refractivity contribution < 1.29 is 22.7 Å². The minimum Gasteiger partial charge on any atom is -0.488 e. The van der Waals surface area contributed by atoms with Gasteiger partial charge >= 0.3 is 6.18 Å². The molecule has 0 aliphatic carbocycles. The number of hydrogen-bond acceptors (Lipinski definition) is 3. The third-order valence-corrected chi connectivity index (χ3v) is 5.18. The Morgan fingerprint density at radius 1 is 0.857 bits per heavy atom. The van der Waals surface area contributed by atoms with Gasteiger partial charge in [0.25, 0.3) is 5.91 Å². The highest BCUT2D eigenvalue weighted by molar-refractivity contribution is 5.94. The molecular weight excluding hydrogens is 453 g/mol. The van der Waals surface area contributed by atoms with Crippen LogP contribution in [0.15, 0.2) is 108 Å². The van der Waals surface area contributed by atoms with Gasteiger partial charge < -0.3 is 4.74 Å². The number of benzene rings is 4. The smallest absolute Gasteiger partial charge is 0.416 e. The summed E-state index contributed by atoms with van der Waals surface area (Å²) < 4.78 is 44.4. The Labute approximate surface area is 200 Å². The molecule has 1 N–H and O–H groups in total. The van der Waals surface area contributed by atoms with E-state index in [0.29, 0.717) is 12.2 Å². The number of hydrogen-bond donors (Lipinski definition) is 1. The maximum absolute atomic E-state index is 12.8. The van der Waals surface area contributed by atoms with Crippen molar-refractivity contribution in [2.45, 2.75) is 12.8 Å². The van der Waals surface area contributed by atoms with Crippen molar-refractivity contribution in [2.75, 3.05) is 0 Å². The maximum atomic E-state index is 12.8. The molecule has 4 rings (SSSR count). The Hall–Kier alpha value is -4.39. The fourth-order valence-corrected chi connectivity index (χ4v) is 3.39. The van der Waals surface area contributed by atoms with Crippen LogP contribution in [0.3, 0.4) is 0 Å². The van der Waals surface area contributed by atoms with Gasteiger partial charge in [0.05, 0.1) is 11.8 Å². The van der Waals surface area contributed by atoms with Crippen LogP contribution >= 0.6 is 0 Å². The Morgan fingerprint density at radius 3 is 2.31 bits per heavy atom. The van der Waals surface area contributed by atoms with E-state index in [1.54, 1.807) is 24.3 Å². The van der Waals surface area contributed by atoms with Gasteiger partial charge in [0.1, 0.15) is 12.4 Å². The van der Waals surface area contributed by atoms with Gasteiger partial charge in [-0.15, -0.1) is 0 Å². The Balaban J connectivity index is 1.35. The van der Waals surface area contributed by atoms with Crippen LogP contribution in [0.4, 0.5) is 13.2 Å². The number of nitrogens with one attached hydrogen (secondary N) is 1. The highest BCUT2D eigenvalue weighted by atomic mass is 19.4. The van der Waals surface area contributed by atoms with Crippen LogP contribution in [-0.4, -0.2) is 12.1 Å². The van der Waals surface area contributed by atoms with Crippen molar-refractivity contribution in [1.82, 2.24) is 5.43 Å². The Morgan fingerprint density at radius 2 is 1.57 bits per heavy atom. The molecule has 4 aromatic carbocycles. The lowest BCUT2D eigenvalue weighted by atomic mass is 10.0. The summed E-state index contributed by atoms with van der Waals surface area (Å²) in [7, 11) is 0. The standard InChI is InChI=1S/C28H21F3N2O2/c29-28(30,31)24-10-6-7-21(17-24)18-32-33-27(34)23-15-13-20(14-16-23)19-35-26-12-5-4-11-25(26)22-8-2-1-3-9-22/h1-18H,19H2,(H,33,34). The van der Waals surface area contributed by atoms with Crippen molar-refractivity contribution in [3.05, 3.63) is 125 Å². The molecule has 0 aromatic heterocycles. The molecule has 7 heteroatoms. The van der Waals surface area contributed by atoms with Crippen LogP contribution in [0.1, 0.15) is 27.0 Å². The van der Waals surface area contributed by atoms with E-state index in [1.807, 2.05) is 54.6 Å². The van der Waals surface area contributed by atoms with Gasteiger partial charge in [0.2, 0.25) is 0 Å². The Bertz CT molecular complexity index is 1320. The number of carbonyl (C=O) groups is 1. The first-order valence-electron chi connectivity index (χ1n) is 10.8. The van der Waals surface area contributed by atoms with Crippen LogP contribution in [0.25, 0.3) is 11.1 Å². The van der Waals surface area contributed by atoms with E-state index in [0.717, 1.165) is 34.6 Å². The maximum Gasteiger partial charge on any atom is 0.416 e. The topological polar surface area (TPSA) is 50.7 Å². The van der Waals surface area contributed by atoms with Gasteiger partial charge in [-0.1, -0.05) is 72.8 Å². The number of halogens is 3. The average Bonchev–Trinajstić information content (AvgIpc) is 2.88. The highest BCUT2D eigenvalue weighted by Crippen LogP contribution is 2.30. The molecule has 0 spiro atoms. The molecule has 0 bridgehead atoms. The van der Waals surface area contributed by atoms with Gasteiger partial charge in [-0.25, -0.2) is 5.43 Å². The van der Waals surface area contributed by atoms with Gasteiger partial charge in [-0.3, -0.25) is 4.79 Å². The summed E-state index contributed by atoms with van der Waals surface area (Å²) >= 11 is 0. The van der Waals surface area contributed by atoms with Gasteiger partial charge in [-0.05, 0) is 47.0 Å². The summed E-state index contributed by atoms with van der Waals surface area (Å²) in [4.78, 5) is 12.3. The van der Waals surface area contributed by atoms with Crippen LogP contribution in [0.5, 0.6) is 5.75 Å². The van der Waals surface area contributed by atoms with Crippen molar-refractivity contribution in [2.24, 2.45) is 5.10 Å². The van der Waals surface area contributed by atoms with E-state index in [1.165, 1.54) is 18.3 Å². The second kappa shape index (κ2) is 10.7. The zero-order valence-corrected chi connectivity index (χ0v) is 18.5. The fraction of sp³-hybridized carbons (Fsp3) is 0.0714. The molecule has 0 heterocycles. The average molecular weight is 474 g/mol. The van der Waals surface area contributed by atoms with E-state index in [2.05, 4.69) is 10.5 Å². The summed E-state index contributed by atoms with van der Waals surface area (Å²) in [6, 6.07) is 29.2. The van der Waals surface area contributed by atoms with Gasteiger partial charge in [-0.2, -0.15) is 18.3 Å². The number of para-hydroxylation sites is 1. The van der Waals surface area contributed by atoms with E-state index in [9.17, 15) is 18.0 Å². The Kier molecular flexibility index (Phi) is 7.26. The van der Waals surface area contributed by atoms with Gasteiger partial charge in [0, 0.05) is 11.1 Å². The lowest BCUT2D eigenvalue weighted by Gasteiger charge is -2.12. The zero-order chi connectivity index (χ0) is 24.7. The molecule has 0 aliphatic heterocycles. The normalized spacial score (nSPS) is 11.4. The summed E-state index contributed by atoms with van der Waals surface area (Å²) in [6.45, 7) is 0.319. The van der Waals surface area contributed by atoms with Gasteiger partial charge in [0.15, 0.2) is 0 Å². The molecule has 0 radical (unpaired) electrons. The second-order valence-corrected chi connectivity index (χ2v) is 7.67. The van der Waals surface area contributed by atoms with E-state index in [4.69, 9.17) is 4.74 Å². The molecule has 0 unspecified atom stereocenters. The van der Waals surface area contributed by atoms with Crippen molar-refractivity contribution in [3.8, 4) is 16.9 Å². The SMILES string of the molecule is O=C(NN=Cc1cccc(C(F)(F)F)c1)c1ccc(COc2ccccc2-c2ccccc2)cc1. The third-order valence-electron chi connectivity index (χ3n) is 5.18. The molecule has 0 aliphatic rings. The molecule has 1 amide bonds. The fourth-order valence-electron chi connectivity index (χ4n) is 3.39. The van der Waals surface area contributed by atoms with E-state index >= 15 is 0 Å². The largest absolute Gasteiger partial charge is 0.488 e. The van der Waals surface area contributed by atoms with Crippen molar-refractivity contribution in [1.29, 1.82) is 0 Å². The van der Waals surface area contributed by atoms with Crippen molar-refractivity contribution >= 4 is 12.1 Å². The quantitative estimate of drug-likeness (QED) is 0.239. The zero-order valence-electron chi connectivity index (χ0n) is 18.5. The monoisotopic (exact) mass is 474 g/mol. The lowest BCUT2D eigenvalue weighted by molar-refractivity contribution is -0.137. The predicted molar refractivity (Wildman–Crippen MR) is 129 cm³/mol. The highest BCUT2D eigenvalue weighted by Gasteiger charge is 2.30. The first kappa shape index (κ1) is 23.8. The molecule has 176 valence electrons. The predicted octanol–water partition coefficient (Wildman–Crippen LogP) is 6.72. The molecule has 4 aromatic rings. The van der Waals surface area contributed by atoms with E-state index < -0.39 is 17.6 Å². The first-order valence-corrected chi connectivity index (χ1v) is 10.8. The first-order chi connectivity index (χ1) is 16.9. The molecular formula is C28H21F3N2O2. The van der Waals surface area contributed by atoms with Crippen LogP contribution in [0, 0.1) is 0 Å². The van der Waals surface area contributed by atoms with Crippen LogP contribution in [-0.2, 0) is 12.8 Å². The number of rotatable bonds is 7. The molecule has 4 nitrogen and oxygen atoms in total. The number of amides is 1. The summed E-state index contributed by atoms with van der Waals surface area (Å²) in [6.07, 6.45) is -3.28.